The molecule has 2 aromatic rings. The SMILES string of the molecule is CC1Cc2cc(CN3CC(Cc4ccc(Cl)cc4)(C(N)=O)C3)ccc2O1. The zero-order chi connectivity index (χ0) is 18.3. The normalized spacial score (nSPS) is 20.9. The fourth-order valence-electron chi connectivity index (χ4n) is 4.10. The van der Waals surface area contributed by atoms with Gasteiger partial charge in [0.05, 0.1) is 5.41 Å². The van der Waals surface area contributed by atoms with Gasteiger partial charge in [0.1, 0.15) is 11.9 Å². The summed E-state index contributed by atoms with van der Waals surface area (Å²) in [4.78, 5) is 14.4. The molecule has 26 heavy (non-hydrogen) atoms. The minimum Gasteiger partial charge on any atom is -0.490 e. The molecule has 0 aliphatic carbocycles. The van der Waals surface area contributed by atoms with Crippen molar-refractivity contribution in [2.24, 2.45) is 11.1 Å². The molecule has 2 heterocycles. The van der Waals surface area contributed by atoms with E-state index in [2.05, 4.69) is 30.0 Å². The molecule has 1 atom stereocenters. The van der Waals surface area contributed by atoms with Crippen molar-refractivity contribution in [2.75, 3.05) is 13.1 Å². The molecule has 4 nitrogen and oxygen atoms in total. The first-order valence-electron chi connectivity index (χ1n) is 8.99. The first-order chi connectivity index (χ1) is 12.4. The number of nitrogens with two attached hydrogens (primary N) is 1. The number of rotatable bonds is 5. The Morgan fingerprint density at radius 1 is 1.23 bits per heavy atom. The number of amides is 1. The van der Waals surface area contributed by atoms with E-state index in [4.69, 9.17) is 22.1 Å². The van der Waals surface area contributed by atoms with Crippen LogP contribution in [0.15, 0.2) is 42.5 Å². The van der Waals surface area contributed by atoms with E-state index in [0.29, 0.717) is 24.5 Å². The van der Waals surface area contributed by atoms with Crippen LogP contribution in [0.1, 0.15) is 23.6 Å². The van der Waals surface area contributed by atoms with Crippen molar-refractivity contribution < 1.29 is 9.53 Å². The van der Waals surface area contributed by atoms with Crippen LogP contribution in [0.25, 0.3) is 0 Å². The first kappa shape index (κ1) is 17.4. The van der Waals surface area contributed by atoms with Gasteiger partial charge >= 0.3 is 0 Å². The van der Waals surface area contributed by atoms with Gasteiger partial charge in [0.25, 0.3) is 0 Å². The average Bonchev–Trinajstić information content (AvgIpc) is 2.93. The summed E-state index contributed by atoms with van der Waals surface area (Å²) >= 11 is 5.95. The van der Waals surface area contributed by atoms with Crippen molar-refractivity contribution in [3.05, 3.63) is 64.2 Å². The number of benzene rings is 2. The summed E-state index contributed by atoms with van der Waals surface area (Å²) in [7, 11) is 0. The molecule has 0 saturated carbocycles. The highest BCUT2D eigenvalue weighted by atomic mass is 35.5. The molecule has 1 unspecified atom stereocenters. The highest BCUT2D eigenvalue weighted by molar-refractivity contribution is 6.30. The molecule has 0 aromatic heterocycles. The third kappa shape index (κ3) is 3.31. The van der Waals surface area contributed by atoms with Crippen LogP contribution in [0, 0.1) is 5.41 Å². The van der Waals surface area contributed by atoms with E-state index in [1.165, 1.54) is 11.1 Å². The fraction of sp³-hybridized carbons (Fsp3) is 0.381. The molecule has 2 aliphatic rings. The number of likely N-dealkylation sites (tertiary alicyclic amines) is 1. The second-order valence-corrected chi connectivity index (χ2v) is 8.10. The molecule has 136 valence electrons. The summed E-state index contributed by atoms with van der Waals surface area (Å²) in [5.74, 6) is 0.777. The molecule has 0 radical (unpaired) electrons. The summed E-state index contributed by atoms with van der Waals surface area (Å²) in [5, 5.41) is 0.701. The number of ether oxygens (including phenoxy) is 1. The molecule has 2 N–H and O–H groups in total. The van der Waals surface area contributed by atoms with E-state index in [1.54, 1.807) is 0 Å². The molecular weight excluding hydrogens is 348 g/mol. The van der Waals surface area contributed by atoms with Gasteiger partial charge in [-0.3, -0.25) is 9.69 Å². The lowest BCUT2D eigenvalue weighted by Crippen LogP contribution is -2.62. The van der Waals surface area contributed by atoms with Crippen LogP contribution in [0.4, 0.5) is 0 Å². The van der Waals surface area contributed by atoms with Gasteiger partial charge in [-0.2, -0.15) is 0 Å². The zero-order valence-electron chi connectivity index (χ0n) is 14.9. The van der Waals surface area contributed by atoms with Crippen molar-refractivity contribution >= 4 is 17.5 Å². The molecular formula is C21H23ClN2O2. The molecule has 0 spiro atoms. The predicted molar refractivity (Wildman–Crippen MR) is 102 cm³/mol. The summed E-state index contributed by atoms with van der Waals surface area (Å²) in [6, 6.07) is 14.0. The molecule has 5 heteroatoms. The third-order valence-corrected chi connectivity index (χ3v) is 5.65. The molecule has 4 rings (SSSR count). The molecule has 2 aliphatic heterocycles. The van der Waals surface area contributed by atoms with Crippen LogP contribution in [0.2, 0.25) is 5.02 Å². The zero-order valence-corrected chi connectivity index (χ0v) is 15.6. The highest BCUT2D eigenvalue weighted by Crippen LogP contribution is 2.36. The standard InChI is InChI=1S/C21H23ClN2O2/c1-14-8-17-9-16(4-7-19(17)26-14)11-24-12-21(13-24,20(23)25)10-15-2-5-18(22)6-3-15/h2-7,9,14H,8,10-13H2,1H3,(H2,23,25). The second-order valence-electron chi connectivity index (χ2n) is 7.67. The number of carbonyl (C=O) groups excluding carboxylic acids is 1. The van der Waals surface area contributed by atoms with Gasteiger partial charge in [-0.25, -0.2) is 0 Å². The number of hydrogen-bond acceptors (Lipinski definition) is 3. The van der Waals surface area contributed by atoms with Gasteiger partial charge in [0.15, 0.2) is 0 Å². The third-order valence-electron chi connectivity index (χ3n) is 5.40. The highest BCUT2D eigenvalue weighted by Gasteiger charge is 2.47. The van der Waals surface area contributed by atoms with Gasteiger partial charge in [-0.1, -0.05) is 35.9 Å². The summed E-state index contributed by atoms with van der Waals surface area (Å²) < 4.78 is 5.76. The monoisotopic (exact) mass is 370 g/mol. The Balaban J connectivity index is 1.41. The lowest BCUT2D eigenvalue weighted by Gasteiger charge is -2.48. The summed E-state index contributed by atoms with van der Waals surface area (Å²) in [5.41, 5.74) is 8.89. The predicted octanol–water partition coefficient (Wildman–Crippen LogP) is 3.19. The Morgan fingerprint density at radius 3 is 2.62 bits per heavy atom. The van der Waals surface area contributed by atoms with Gasteiger partial charge < -0.3 is 10.5 Å². The van der Waals surface area contributed by atoms with Crippen molar-refractivity contribution in [3.8, 4) is 5.75 Å². The number of primary amides is 1. The van der Waals surface area contributed by atoms with Crippen LogP contribution in [0.3, 0.4) is 0 Å². The lowest BCUT2D eigenvalue weighted by molar-refractivity contribution is -0.138. The minimum absolute atomic E-state index is 0.222. The van der Waals surface area contributed by atoms with Crippen LogP contribution >= 0.6 is 11.6 Å². The van der Waals surface area contributed by atoms with Crippen LogP contribution in [-0.2, 0) is 24.2 Å². The quantitative estimate of drug-likeness (QED) is 0.879. The minimum atomic E-state index is -0.484. The molecule has 2 aromatic carbocycles. The number of carbonyl (C=O) groups is 1. The average molecular weight is 371 g/mol. The number of nitrogens with zero attached hydrogens (tertiary/aromatic N) is 1. The van der Waals surface area contributed by atoms with E-state index < -0.39 is 5.41 Å². The fourth-order valence-corrected chi connectivity index (χ4v) is 4.23. The van der Waals surface area contributed by atoms with E-state index in [0.717, 1.165) is 24.3 Å². The first-order valence-corrected chi connectivity index (χ1v) is 9.36. The maximum absolute atomic E-state index is 12.1. The summed E-state index contributed by atoms with van der Waals surface area (Å²) in [6.07, 6.45) is 1.88. The van der Waals surface area contributed by atoms with Gasteiger partial charge in [-0.05, 0) is 48.2 Å². The Kier molecular flexibility index (Phi) is 4.41. The largest absolute Gasteiger partial charge is 0.490 e. The molecule has 1 amide bonds. The van der Waals surface area contributed by atoms with Gasteiger partial charge in [-0.15, -0.1) is 0 Å². The van der Waals surface area contributed by atoms with Gasteiger partial charge in [0.2, 0.25) is 5.91 Å². The Hall–Kier alpha value is -2.04. The summed E-state index contributed by atoms with van der Waals surface area (Å²) in [6.45, 7) is 4.30. The van der Waals surface area contributed by atoms with Crippen LogP contribution in [0.5, 0.6) is 5.75 Å². The van der Waals surface area contributed by atoms with Crippen molar-refractivity contribution in [3.63, 3.8) is 0 Å². The van der Waals surface area contributed by atoms with E-state index in [-0.39, 0.29) is 12.0 Å². The van der Waals surface area contributed by atoms with E-state index in [9.17, 15) is 4.79 Å². The van der Waals surface area contributed by atoms with Crippen molar-refractivity contribution in [2.45, 2.75) is 32.4 Å². The smallest absolute Gasteiger partial charge is 0.226 e. The Morgan fingerprint density at radius 2 is 1.92 bits per heavy atom. The molecule has 1 saturated heterocycles. The van der Waals surface area contributed by atoms with Gasteiger partial charge in [0, 0.05) is 31.1 Å². The maximum atomic E-state index is 12.1. The maximum Gasteiger partial charge on any atom is 0.226 e. The van der Waals surface area contributed by atoms with E-state index >= 15 is 0 Å². The number of hydrogen-bond donors (Lipinski definition) is 1. The van der Waals surface area contributed by atoms with Crippen LogP contribution in [-0.4, -0.2) is 30.0 Å². The second kappa shape index (κ2) is 6.60. The van der Waals surface area contributed by atoms with Crippen molar-refractivity contribution in [1.82, 2.24) is 4.90 Å². The Labute approximate surface area is 158 Å². The van der Waals surface area contributed by atoms with Crippen LogP contribution < -0.4 is 10.5 Å². The molecule has 1 fully saturated rings. The number of fused-ring (bicyclic) bond motifs is 1. The van der Waals surface area contributed by atoms with E-state index in [1.807, 2.05) is 24.3 Å². The van der Waals surface area contributed by atoms with Crippen molar-refractivity contribution in [1.29, 1.82) is 0 Å². The number of halogens is 1. The molecule has 0 bridgehead atoms. The Bertz CT molecular complexity index is 828. The lowest BCUT2D eigenvalue weighted by atomic mass is 9.74. The topological polar surface area (TPSA) is 55.6 Å².